The molecule has 2 aromatic carbocycles. The van der Waals surface area contributed by atoms with Crippen LogP contribution in [0.2, 0.25) is 18.1 Å². The summed E-state index contributed by atoms with van der Waals surface area (Å²) in [4.78, 5) is 0. The Morgan fingerprint density at radius 1 is 0.800 bits per heavy atom. The Morgan fingerprint density at radius 3 is 2.04 bits per heavy atom. The van der Waals surface area contributed by atoms with Crippen molar-refractivity contribution in [3.05, 3.63) is 35.4 Å². The standard InChI is InChI=1S/C22H34O2Si/c1-5-9-10-11-17-12-13-19-18(14-15-21(23)22(19)24)20(17)16-25(6-2,7-3)8-4/h12-15,23-24H,5-11,16H2,1-4H3. The Hall–Kier alpha value is -1.48. The molecule has 0 saturated heterocycles. The molecule has 0 aromatic heterocycles. The molecule has 138 valence electrons. The van der Waals surface area contributed by atoms with E-state index in [9.17, 15) is 10.2 Å². The molecule has 2 rings (SSSR count). The summed E-state index contributed by atoms with van der Waals surface area (Å²) in [5.74, 6) is -0.00205. The third kappa shape index (κ3) is 4.20. The van der Waals surface area contributed by atoms with Crippen LogP contribution in [0, 0.1) is 0 Å². The molecule has 0 saturated carbocycles. The number of rotatable bonds is 9. The lowest BCUT2D eigenvalue weighted by atomic mass is 9.95. The van der Waals surface area contributed by atoms with Crippen molar-refractivity contribution in [3.63, 3.8) is 0 Å². The van der Waals surface area contributed by atoms with Gasteiger partial charge in [-0.05, 0) is 41.5 Å². The van der Waals surface area contributed by atoms with Gasteiger partial charge < -0.3 is 10.2 Å². The summed E-state index contributed by atoms with van der Waals surface area (Å²) >= 11 is 0. The Kier molecular flexibility index (Phi) is 6.94. The van der Waals surface area contributed by atoms with Crippen LogP contribution in [0.25, 0.3) is 10.8 Å². The highest BCUT2D eigenvalue weighted by Gasteiger charge is 2.29. The van der Waals surface area contributed by atoms with Crippen LogP contribution in [0.5, 0.6) is 11.5 Å². The molecule has 0 amide bonds. The molecule has 0 spiro atoms. The van der Waals surface area contributed by atoms with Gasteiger partial charge in [-0.2, -0.15) is 0 Å². The van der Waals surface area contributed by atoms with E-state index in [1.54, 1.807) is 6.07 Å². The third-order valence-corrected chi connectivity index (χ3v) is 11.8. The second-order valence-corrected chi connectivity index (χ2v) is 12.9. The number of phenolic OH excluding ortho intramolecular Hbond substituents is 2. The lowest BCUT2D eigenvalue weighted by Crippen LogP contribution is -2.35. The fourth-order valence-electron chi connectivity index (χ4n) is 3.99. The molecule has 0 bridgehead atoms. The SMILES string of the molecule is CCCCCc1ccc2c(O)c(O)ccc2c1C[Si](CC)(CC)CC. The first kappa shape index (κ1) is 19.8. The zero-order chi connectivity index (χ0) is 18.4. The van der Waals surface area contributed by atoms with Gasteiger partial charge in [-0.15, -0.1) is 0 Å². The van der Waals surface area contributed by atoms with Gasteiger partial charge in [-0.25, -0.2) is 0 Å². The van der Waals surface area contributed by atoms with Crippen LogP contribution < -0.4 is 0 Å². The lowest BCUT2D eigenvalue weighted by molar-refractivity contribution is 0.408. The van der Waals surface area contributed by atoms with Crippen molar-refractivity contribution in [2.24, 2.45) is 0 Å². The van der Waals surface area contributed by atoms with Crippen LogP contribution in [-0.4, -0.2) is 18.3 Å². The summed E-state index contributed by atoms with van der Waals surface area (Å²) < 4.78 is 0. The first-order valence-corrected chi connectivity index (χ1v) is 12.8. The van der Waals surface area contributed by atoms with E-state index in [1.165, 1.54) is 54.6 Å². The fraction of sp³-hybridized carbons (Fsp3) is 0.545. The zero-order valence-electron chi connectivity index (χ0n) is 16.4. The molecule has 0 aliphatic heterocycles. The smallest absolute Gasteiger partial charge is 0.165 e. The van der Waals surface area contributed by atoms with Gasteiger partial charge in [0.05, 0.1) is 8.07 Å². The fourth-order valence-corrected chi connectivity index (χ4v) is 7.41. The number of aryl methyl sites for hydroxylation is 1. The molecule has 2 aromatic rings. The summed E-state index contributed by atoms with van der Waals surface area (Å²) in [6.45, 7) is 9.30. The van der Waals surface area contributed by atoms with Gasteiger partial charge in [-0.3, -0.25) is 0 Å². The van der Waals surface area contributed by atoms with Crippen LogP contribution in [0.15, 0.2) is 24.3 Å². The summed E-state index contributed by atoms with van der Waals surface area (Å²) in [6, 6.07) is 12.9. The van der Waals surface area contributed by atoms with Crippen molar-refractivity contribution in [2.45, 2.75) is 77.6 Å². The highest BCUT2D eigenvalue weighted by molar-refractivity contribution is 6.79. The van der Waals surface area contributed by atoms with Crippen LogP contribution >= 0.6 is 0 Å². The van der Waals surface area contributed by atoms with E-state index in [0.717, 1.165) is 17.2 Å². The lowest BCUT2D eigenvalue weighted by Gasteiger charge is -2.30. The second-order valence-electron chi connectivity index (χ2n) is 7.43. The molecule has 0 heterocycles. The number of hydrogen-bond acceptors (Lipinski definition) is 2. The van der Waals surface area contributed by atoms with Crippen molar-refractivity contribution in [2.75, 3.05) is 0 Å². The number of unbranched alkanes of at least 4 members (excludes halogenated alkanes) is 2. The third-order valence-electron chi connectivity index (χ3n) is 6.21. The topological polar surface area (TPSA) is 40.5 Å². The highest BCUT2D eigenvalue weighted by atomic mass is 28.3. The second kappa shape index (κ2) is 8.75. The summed E-state index contributed by atoms with van der Waals surface area (Å²) in [7, 11) is -1.33. The summed E-state index contributed by atoms with van der Waals surface area (Å²) in [6.07, 6.45) is 4.83. The van der Waals surface area contributed by atoms with Gasteiger partial charge in [0.15, 0.2) is 11.5 Å². The molecule has 0 atom stereocenters. The molecule has 0 unspecified atom stereocenters. The number of aromatic hydroxyl groups is 2. The molecule has 0 aliphatic carbocycles. The van der Waals surface area contributed by atoms with Gasteiger partial charge in [-0.1, -0.05) is 76.9 Å². The average molecular weight is 359 g/mol. The van der Waals surface area contributed by atoms with Gasteiger partial charge in [0.2, 0.25) is 0 Å². The van der Waals surface area contributed by atoms with E-state index in [0.29, 0.717) is 0 Å². The van der Waals surface area contributed by atoms with Crippen LogP contribution in [0.4, 0.5) is 0 Å². The van der Waals surface area contributed by atoms with E-state index < -0.39 is 8.07 Å². The van der Waals surface area contributed by atoms with Gasteiger partial charge in [0, 0.05) is 5.39 Å². The molecule has 0 aliphatic rings. The van der Waals surface area contributed by atoms with Crippen molar-refractivity contribution >= 4 is 18.8 Å². The summed E-state index contributed by atoms with van der Waals surface area (Å²) in [5.41, 5.74) is 2.87. The maximum absolute atomic E-state index is 10.3. The Labute approximate surface area is 153 Å². The molecular formula is C22H34O2Si. The van der Waals surface area contributed by atoms with Crippen LogP contribution in [-0.2, 0) is 12.5 Å². The Morgan fingerprint density at radius 2 is 1.44 bits per heavy atom. The summed E-state index contributed by atoms with van der Waals surface area (Å²) in [5, 5.41) is 22.1. The van der Waals surface area contributed by atoms with Gasteiger partial charge >= 0.3 is 0 Å². The predicted molar refractivity (Wildman–Crippen MR) is 111 cm³/mol. The Bertz CT molecular complexity index is 696. The number of hydrogen-bond donors (Lipinski definition) is 2. The van der Waals surface area contributed by atoms with E-state index >= 15 is 0 Å². The minimum atomic E-state index is -1.33. The van der Waals surface area contributed by atoms with E-state index in [2.05, 4.69) is 33.8 Å². The monoisotopic (exact) mass is 358 g/mol. The number of phenols is 2. The maximum atomic E-state index is 10.3. The van der Waals surface area contributed by atoms with E-state index in [1.807, 2.05) is 12.1 Å². The molecule has 2 N–H and O–H groups in total. The van der Waals surface area contributed by atoms with Gasteiger partial charge in [0.25, 0.3) is 0 Å². The normalized spacial score (nSPS) is 12.0. The molecule has 25 heavy (non-hydrogen) atoms. The number of benzene rings is 2. The van der Waals surface area contributed by atoms with Crippen molar-refractivity contribution in [3.8, 4) is 11.5 Å². The molecule has 0 fully saturated rings. The average Bonchev–Trinajstić information content (AvgIpc) is 2.64. The van der Waals surface area contributed by atoms with Crippen molar-refractivity contribution < 1.29 is 10.2 Å². The largest absolute Gasteiger partial charge is 0.504 e. The molecular weight excluding hydrogens is 324 g/mol. The highest BCUT2D eigenvalue weighted by Crippen LogP contribution is 2.38. The van der Waals surface area contributed by atoms with Crippen molar-refractivity contribution in [1.29, 1.82) is 0 Å². The van der Waals surface area contributed by atoms with Gasteiger partial charge in [0.1, 0.15) is 0 Å². The number of fused-ring (bicyclic) bond motifs is 1. The van der Waals surface area contributed by atoms with E-state index in [4.69, 9.17) is 0 Å². The van der Waals surface area contributed by atoms with E-state index in [-0.39, 0.29) is 11.5 Å². The zero-order valence-corrected chi connectivity index (χ0v) is 17.4. The first-order valence-electron chi connectivity index (χ1n) is 9.97. The molecule has 0 radical (unpaired) electrons. The predicted octanol–water partition coefficient (Wildman–Crippen LogP) is 6.57. The van der Waals surface area contributed by atoms with Crippen LogP contribution in [0.3, 0.4) is 0 Å². The van der Waals surface area contributed by atoms with Crippen molar-refractivity contribution in [1.82, 2.24) is 0 Å². The van der Waals surface area contributed by atoms with Crippen LogP contribution in [0.1, 0.15) is 58.1 Å². The quantitative estimate of drug-likeness (QED) is 0.302. The molecule has 2 nitrogen and oxygen atoms in total. The minimum absolute atomic E-state index is 0.0237. The minimum Gasteiger partial charge on any atom is -0.504 e. The maximum Gasteiger partial charge on any atom is 0.165 e. The Balaban J connectivity index is 2.57. The first-order chi connectivity index (χ1) is 12.0. The molecule has 3 heteroatoms.